The minimum atomic E-state index is -0.381. The second kappa shape index (κ2) is 11.4. The first-order valence-electron chi connectivity index (χ1n) is 11.8. The van der Waals surface area contributed by atoms with Crippen LogP contribution in [0.4, 0.5) is 11.4 Å². The normalized spacial score (nSPS) is 16.4. The highest BCUT2D eigenvalue weighted by atomic mass is 127. The first kappa shape index (κ1) is 28.5. The Hall–Kier alpha value is -2.69. The predicted octanol–water partition coefficient (Wildman–Crippen LogP) is 2.51. The van der Waals surface area contributed by atoms with Crippen LogP contribution < -0.4 is 24.0 Å². The van der Waals surface area contributed by atoms with E-state index in [-0.39, 0.29) is 56.3 Å². The molecule has 2 heterocycles. The average Bonchev–Trinajstić information content (AvgIpc) is 2.82. The van der Waals surface area contributed by atoms with E-state index in [9.17, 15) is 20.2 Å². The minimum absolute atomic E-state index is 0. The molecule has 9 heteroatoms. The first-order chi connectivity index (χ1) is 16.0. The fourth-order valence-corrected chi connectivity index (χ4v) is 4.80. The number of hydrogen-bond donors (Lipinski definition) is 0. The van der Waals surface area contributed by atoms with Gasteiger partial charge in [0.2, 0.25) is 0 Å². The third-order valence-corrected chi connectivity index (χ3v) is 6.94. The van der Waals surface area contributed by atoms with Gasteiger partial charge in [-0.05, 0) is 38.3 Å². The summed E-state index contributed by atoms with van der Waals surface area (Å²) in [7, 11) is 0. The van der Waals surface area contributed by atoms with E-state index in [1.807, 2.05) is 26.0 Å². The number of aliphatic imine (C=N–C) groups is 1. The van der Waals surface area contributed by atoms with E-state index in [1.54, 1.807) is 30.5 Å². The lowest BCUT2D eigenvalue weighted by Crippen LogP contribution is -3.00. The average molecular weight is 592 g/mol. The largest absolute Gasteiger partial charge is 1.00 e. The Morgan fingerprint density at radius 2 is 1.40 bits per heavy atom. The molecule has 0 atom stereocenters. The molecule has 2 aromatic carbocycles. The Balaban J connectivity index is 0.000000246. The van der Waals surface area contributed by atoms with Crippen molar-refractivity contribution in [2.75, 3.05) is 6.54 Å². The van der Waals surface area contributed by atoms with Crippen molar-refractivity contribution in [2.24, 2.45) is 4.99 Å². The minimum Gasteiger partial charge on any atom is -1.00 e. The zero-order valence-corrected chi connectivity index (χ0v) is 23.1. The second-order valence-electron chi connectivity index (χ2n) is 9.55. The fraction of sp³-hybridized carbons (Fsp3) is 0.462. The Morgan fingerprint density at radius 3 is 1.89 bits per heavy atom. The van der Waals surface area contributed by atoms with Crippen molar-refractivity contribution in [3.05, 3.63) is 78.9 Å². The van der Waals surface area contributed by atoms with Gasteiger partial charge in [-0.3, -0.25) is 25.2 Å². The number of halogens is 1. The quantitative estimate of drug-likeness (QED) is 0.231. The van der Waals surface area contributed by atoms with Crippen LogP contribution in [0.25, 0.3) is 0 Å². The number of rotatable bonds is 5. The maximum absolute atomic E-state index is 10.9. The standard InChI is InChI=1S/C15H21N2O2.C11H12N2O2.HI/c1-4-15(5-2)10-12-7-8-14(17(18)19)9-13(12)11-16(15)6-3;1-11(2)6-8-3-4-10(13(14)15)5-9(8)7-12-11;/h7-9,11H,4-6,10H2,1-3H3;3-5,7H,6H2,1-2H3;1H/q+1;;/p-1. The SMILES string of the molecule is CC1(C)Cc2ccc([N+](=O)[O-])cc2C=N1.CC[N+]1=Cc2cc([N+](=O)[O-])ccc2CC1(CC)CC.[I-]. The summed E-state index contributed by atoms with van der Waals surface area (Å²) in [6, 6.07) is 10.2. The van der Waals surface area contributed by atoms with E-state index in [0.29, 0.717) is 0 Å². The van der Waals surface area contributed by atoms with Gasteiger partial charge < -0.3 is 24.0 Å². The van der Waals surface area contributed by atoms with Gasteiger partial charge in [0, 0.05) is 60.9 Å². The zero-order chi connectivity index (χ0) is 25.1. The van der Waals surface area contributed by atoms with E-state index in [1.165, 1.54) is 5.56 Å². The second-order valence-corrected chi connectivity index (χ2v) is 9.55. The lowest BCUT2D eigenvalue weighted by molar-refractivity contribution is -0.605. The monoisotopic (exact) mass is 592 g/mol. The lowest BCUT2D eigenvalue weighted by atomic mass is 9.81. The topological polar surface area (TPSA) is 102 Å². The molecule has 2 aromatic rings. The van der Waals surface area contributed by atoms with Crippen molar-refractivity contribution in [2.45, 2.75) is 71.4 Å². The van der Waals surface area contributed by atoms with Crippen LogP contribution in [-0.2, 0) is 12.8 Å². The molecule has 0 saturated heterocycles. The van der Waals surface area contributed by atoms with Crippen molar-refractivity contribution in [1.29, 1.82) is 0 Å². The number of nitrogens with zero attached hydrogens (tertiary/aromatic N) is 4. The van der Waals surface area contributed by atoms with Gasteiger partial charge in [-0.15, -0.1) is 0 Å². The third kappa shape index (κ3) is 6.31. The highest BCUT2D eigenvalue weighted by molar-refractivity contribution is 5.84. The maximum atomic E-state index is 10.9. The van der Waals surface area contributed by atoms with Crippen molar-refractivity contribution < 1.29 is 38.4 Å². The van der Waals surface area contributed by atoms with Gasteiger partial charge in [0.25, 0.3) is 11.4 Å². The van der Waals surface area contributed by atoms with Crippen LogP contribution in [0.2, 0.25) is 0 Å². The highest BCUT2D eigenvalue weighted by Crippen LogP contribution is 2.31. The van der Waals surface area contributed by atoms with E-state index in [2.05, 4.69) is 36.6 Å². The highest BCUT2D eigenvalue weighted by Gasteiger charge is 2.40. The lowest BCUT2D eigenvalue weighted by Gasteiger charge is -2.32. The summed E-state index contributed by atoms with van der Waals surface area (Å²) >= 11 is 0. The summed E-state index contributed by atoms with van der Waals surface area (Å²) in [6.07, 6.45) is 7.80. The van der Waals surface area contributed by atoms with E-state index in [4.69, 9.17) is 0 Å². The molecule has 8 nitrogen and oxygen atoms in total. The molecule has 188 valence electrons. The molecule has 0 aliphatic carbocycles. The van der Waals surface area contributed by atoms with Crippen LogP contribution in [0.3, 0.4) is 0 Å². The molecule has 4 rings (SSSR count). The number of nitro groups is 2. The predicted molar refractivity (Wildman–Crippen MR) is 135 cm³/mol. The number of non-ortho nitro benzene ring substituents is 2. The van der Waals surface area contributed by atoms with Crippen molar-refractivity contribution in [3.8, 4) is 0 Å². The molecule has 2 aliphatic heterocycles. The van der Waals surface area contributed by atoms with Crippen molar-refractivity contribution >= 4 is 23.8 Å². The fourth-order valence-electron chi connectivity index (χ4n) is 4.80. The molecule has 0 fully saturated rings. The van der Waals surface area contributed by atoms with Crippen LogP contribution in [0.15, 0.2) is 41.4 Å². The van der Waals surface area contributed by atoms with Crippen molar-refractivity contribution in [1.82, 2.24) is 0 Å². The van der Waals surface area contributed by atoms with Gasteiger partial charge in [0.15, 0.2) is 11.8 Å². The molecule has 0 spiro atoms. The Morgan fingerprint density at radius 1 is 0.886 bits per heavy atom. The molecule has 0 aromatic heterocycles. The Kier molecular flexibility index (Phi) is 9.27. The maximum Gasteiger partial charge on any atom is 0.270 e. The van der Waals surface area contributed by atoms with Gasteiger partial charge in [0.1, 0.15) is 6.54 Å². The zero-order valence-electron chi connectivity index (χ0n) is 21.0. The summed E-state index contributed by atoms with van der Waals surface area (Å²) in [4.78, 5) is 25.1. The van der Waals surface area contributed by atoms with Crippen LogP contribution >= 0.6 is 0 Å². The Labute approximate surface area is 223 Å². The smallest absolute Gasteiger partial charge is 0.270 e. The number of nitro benzene ring substituents is 2. The molecular weight excluding hydrogens is 559 g/mol. The van der Waals surface area contributed by atoms with Gasteiger partial charge in [-0.2, -0.15) is 0 Å². The molecule has 0 bridgehead atoms. The van der Waals surface area contributed by atoms with Gasteiger partial charge in [-0.1, -0.05) is 26.0 Å². The van der Waals surface area contributed by atoms with Crippen LogP contribution in [-0.4, -0.2) is 44.5 Å². The summed E-state index contributed by atoms with van der Waals surface area (Å²) in [5.41, 5.74) is 4.57. The number of fused-ring (bicyclic) bond motifs is 2. The van der Waals surface area contributed by atoms with Crippen LogP contribution in [0.1, 0.15) is 69.7 Å². The molecule has 0 radical (unpaired) electrons. The van der Waals surface area contributed by atoms with Crippen LogP contribution in [0, 0.1) is 20.2 Å². The summed E-state index contributed by atoms with van der Waals surface area (Å²) in [5.74, 6) is 0. The van der Waals surface area contributed by atoms with Gasteiger partial charge in [0.05, 0.1) is 15.4 Å². The molecule has 0 N–H and O–H groups in total. The van der Waals surface area contributed by atoms with Gasteiger partial charge in [-0.25, -0.2) is 4.58 Å². The number of likely N-dealkylation sites (N-methyl/N-ethyl adjacent to an activating group) is 1. The molecule has 0 unspecified atom stereocenters. The molecular formula is C26H33IN4O4. The summed E-state index contributed by atoms with van der Waals surface area (Å²) in [5, 5.41) is 21.4. The number of benzene rings is 2. The molecule has 0 saturated carbocycles. The Bertz CT molecular complexity index is 1170. The van der Waals surface area contributed by atoms with E-state index < -0.39 is 0 Å². The van der Waals surface area contributed by atoms with E-state index >= 15 is 0 Å². The summed E-state index contributed by atoms with van der Waals surface area (Å²) < 4.78 is 2.35. The number of hydrogen-bond acceptors (Lipinski definition) is 5. The van der Waals surface area contributed by atoms with Crippen LogP contribution in [0.5, 0.6) is 0 Å². The van der Waals surface area contributed by atoms with Gasteiger partial charge >= 0.3 is 0 Å². The molecule has 0 amide bonds. The molecule has 35 heavy (non-hydrogen) atoms. The first-order valence-corrected chi connectivity index (χ1v) is 11.8. The van der Waals surface area contributed by atoms with Crippen molar-refractivity contribution in [3.63, 3.8) is 0 Å². The third-order valence-electron chi connectivity index (χ3n) is 6.94. The van der Waals surface area contributed by atoms with E-state index in [0.717, 1.165) is 48.9 Å². The molecule has 2 aliphatic rings. The summed E-state index contributed by atoms with van der Waals surface area (Å²) in [6.45, 7) is 11.6.